The van der Waals surface area contributed by atoms with Gasteiger partial charge in [0.2, 0.25) is 5.91 Å². The minimum Gasteiger partial charge on any atom is -0.480 e. The Balaban J connectivity index is 2.08. The number of nitrogens with one attached hydrogen (secondary N) is 2. The second-order valence-electron chi connectivity index (χ2n) is 5.42. The zero-order valence-corrected chi connectivity index (χ0v) is 15.0. The van der Waals surface area contributed by atoms with Crippen molar-refractivity contribution >= 4 is 39.4 Å². The zero-order valence-electron chi connectivity index (χ0n) is 13.5. The maximum Gasteiger partial charge on any atom is 0.326 e. The zero-order chi connectivity index (χ0) is 18.4. The average Bonchev–Trinajstić information content (AvgIpc) is 2.56. The lowest BCUT2D eigenvalue weighted by Crippen LogP contribution is -2.42. The van der Waals surface area contributed by atoms with Crippen LogP contribution in [0.4, 0.5) is 5.69 Å². The van der Waals surface area contributed by atoms with Crippen LogP contribution in [0, 0.1) is 0 Å². The Kier molecular flexibility index (Phi) is 6.30. The third-order valence-corrected chi connectivity index (χ3v) is 4.23. The highest BCUT2D eigenvalue weighted by molar-refractivity contribution is 9.10. The first kappa shape index (κ1) is 18.7. The molecule has 2 rings (SSSR count). The number of carbonyl (C=O) groups excluding carboxylic acids is 2. The van der Waals surface area contributed by atoms with E-state index in [0.717, 1.165) is 10.0 Å². The fourth-order valence-electron chi connectivity index (χ4n) is 2.23. The molecule has 0 saturated heterocycles. The maximum absolute atomic E-state index is 12.3. The molecule has 25 heavy (non-hydrogen) atoms. The van der Waals surface area contributed by atoms with E-state index in [1.165, 1.54) is 19.1 Å². The first-order chi connectivity index (χ1) is 11.9. The number of carboxylic acids is 1. The topological polar surface area (TPSA) is 95.5 Å². The number of halogens is 1. The lowest BCUT2D eigenvalue weighted by molar-refractivity contribution is -0.139. The molecule has 2 aromatic carbocycles. The molecule has 0 bridgehead atoms. The Labute approximate surface area is 153 Å². The molecule has 2 aromatic rings. The largest absolute Gasteiger partial charge is 0.480 e. The van der Waals surface area contributed by atoms with Gasteiger partial charge in [0, 0.05) is 29.1 Å². The van der Waals surface area contributed by atoms with Crippen LogP contribution in [0.2, 0.25) is 0 Å². The number of aliphatic carboxylic acids is 1. The van der Waals surface area contributed by atoms with Crippen molar-refractivity contribution < 1.29 is 19.5 Å². The summed E-state index contributed by atoms with van der Waals surface area (Å²) in [6.45, 7) is 1.39. The number of hydrogen-bond acceptors (Lipinski definition) is 3. The minimum absolute atomic E-state index is 0.159. The molecule has 6 nitrogen and oxygen atoms in total. The molecule has 0 unspecified atom stereocenters. The van der Waals surface area contributed by atoms with Gasteiger partial charge in [-0.15, -0.1) is 0 Å². The summed E-state index contributed by atoms with van der Waals surface area (Å²) < 4.78 is 0.787. The summed E-state index contributed by atoms with van der Waals surface area (Å²) in [5.41, 5.74) is 1.66. The van der Waals surface area contributed by atoms with E-state index in [9.17, 15) is 19.5 Å². The Hall–Kier alpha value is -2.67. The quantitative estimate of drug-likeness (QED) is 0.689. The second-order valence-corrected chi connectivity index (χ2v) is 6.27. The van der Waals surface area contributed by atoms with Gasteiger partial charge in [-0.25, -0.2) is 4.79 Å². The van der Waals surface area contributed by atoms with E-state index >= 15 is 0 Å². The molecule has 7 heteroatoms. The molecule has 3 N–H and O–H groups in total. The van der Waals surface area contributed by atoms with E-state index in [-0.39, 0.29) is 12.3 Å². The molecule has 0 heterocycles. The molecular weight excluding hydrogens is 388 g/mol. The van der Waals surface area contributed by atoms with Crippen LogP contribution in [0.15, 0.2) is 53.0 Å². The predicted molar refractivity (Wildman–Crippen MR) is 97.5 cm³/mol. The van der Waals surface area contributed by atoms with Crippen LogP contribution in [0.5, 0.6) is 0 Å². The third-order valence-electron chi connectivity index (χ3n) is 3.45. The monoisotopic (exact) mass is 404 g/mol. The molecule has 0 aliphatic carbocycles. The number of amides is 2. The van der Waals surface area contributed by atoms with Gasteiger partial charge in [-0.2, -0.15) is 0 Å². The van der Waals surface area contributed by atoms with Crippen molar-refractivity contribution in [3.63, 3.8) is 0 Å². The number of anilines is 1. The first-order valence-corrected chi connectivity index (χ1v) is 8.31. The van der Waals surface area contributed by atoms with Gasteiger partial charge in [-0.1, -0.05) is 34.1 Å². The molecule has 0 aromatic heterocycles. The van der Waals surface area contributed by atoms with Gasteiger partial charge in [0.1, 0.15) is 6.04 Å². The Bertz CT molecular complexity index is 790. The molecule has 0 aliphatic heterocycles. The number of carbonyl (C=O) groups is 3. The summed E-state index contributed by atoms with van der Waals surface area (Å²) in [4.78, 5) is 34.8. The van der Waals surface area contributed by atoms with Gasteiger partial charge in [-0.05, 0) is 35.9 Å². The summed E-state index contributed by atoms with van der Waals surface area (Å²) >= 11 is 3.37. The van der Waals surface area contributed by atoms with Gasteiger partial charge < -0.3 is 15.7 Å². The van der Waals surface area contributed by atoms with Crippen LogP contribution < -0.4 is 10.6 Å². The van der Waals surface area contributed by atoms with Crippen molar-refractivity contribution in [3.8, 4) is 0 Å². The minimum atomic E-state index is -1.11. The fourth-order valence-corrected chi connectivity index (χ4v) is 2.68. The summed E-state index contributed by atoms with van der Waals surface area (Å²) in [5, 5.41) is 14.5. The molecule has 0 spiro atoms. The third kappa shape index (κ3) is 5.42. The van der Waals surface area contributed by atoms with Crippen molar-refractivity contribution in [2.45, 2.75) is 19.4 Å². The summed E-state index contributed by atoms with van der Waals surface area (Å²) in [6, 6.07) is 12.4. The summed E-state index contributed by atoms with van der Waals surface area (Å²) in [7, 11) is 0. The second kappa shape index (κ2) is 8.43. The molecule has 0 saturated carbocycles. The van der Waals surface area contributed by atoms with Gasteiger partial charge >= 0.3 is 5.97 Å². The Morgan fingerprint density at radius 3 is 2.28 bits per heavy atom. The van der Waals surface area contributed by atoms with Crippen molar-refractivity contribution in [3.05, 3.63) is 64.1 Å². The van der Waals surface area contributed by atoms with Gasteiger partial charge in [0.15, 0.2) is 0 Å². The van der Waals surface area contributed by atoms with Crippen molar-refractivity contribution in [1.82, 2.24) is 5.32 Å². The lowest BCUT2D eigenvalue weighted by Gasteiger charge is -2.15. The summed E-state index contributed by atoms with van der Waals surface area (Å²) in [6.07, 6.45) is 0.159. The van der Waals surface area contributed by atoms with Crippen LogP contribution >= 0.6 is 15.9 Å². The normalized spacial score (nSPS) is 11.4. The molecular formula is C18H17BrN2O4. The van der Waals surface area contributed by atoms with Crippen LogP contribution in [0.3, 0.4) is 0 Å². The Morgan fingerprint density at radius 2 is 1.72 bits per heavy atom. The van der Waals surface area contributed by atoms with Crippen LogP contribution in [0.1, 0.15) is 22.8 Å². The van der Waals surface area contributed by atoms with E-state index < -0.39 is 17.9 Å². The maximum atomic E-state index is 12.3. The van der Waals surface area contributed by atoms with E-state index in [2.05, 4.69) is 26.6 Å². The van der Waals surface area contributed by atoms with E-state index in [0.29, 0.717) is 11.3 Å². The standard InChI is InChI=1S/C18H17BrN2O4/c1-11(22)20-14-8-6-12(7-9-14)17(23)21-16(18(24)25)10-13-4-2-3-5-15(13)19/h2-9,16H,10H2,1H3,(H,20,22)(H,21,23)(H,24,25)/t16-/m0/s1. The molecule has 2 amide bonds. The van der Waals surface area contributed by atoms with E-state index in [1.54, 1.807) is 18.2 Å². The van der Waals surface area contributed by atoms with Gasteiger partial charge in [0.05, 0.1) is 0 Å². The predicted octanol–water partition coefficient (Wildman–Crippen LogP) is 2.83. The molecule has 130 valence electrons. The number of hydrogen-bond donors (Lipinski definition) is 3. The van der Waals surface area contributed by atoms with Crippen LogP contribution in [-0.2, 0) is 16.0 Å². The van der Waals surface area contributed by atoms with Crippen LogP contribution in [0.25, 0.3) is 0 Å². The number of benzene rings is 2. The van der Waals surface area contributed by atoms with Crippen molar-refractivity contribution in [2.24, 2.45) is 0 Å². The van der Waals surface area contributed by atoms with Gasteiger partial charge in [0.25, 0.3) is 5.91 Å². The van der Waals surface area contributed by atoms with Crippen LogP contribution in [-0.4, -0.2) is 28.9 Å². The summed E-state index contributed by atoms with van der Waals surface area (Å²) in [5.74, 6) is -1.82. The molecule has 0 radical (unpaired) electrons. The lowest BCUT2D eigenvalue weighted by atomic mass is 10.1. The van der Waals surface area contributed by atoms with E-state index in [4.69, 9.17) is 0 Å². The average molecular weight is 405 g/mol. The smallest absolute Gasteiger partial charge is 0.326 e. The molecule has 0 aliphatic rings. The van der Waals surface area contributed by atoms with Crippen molar-refractivity contribution in [1.29, 1.82) is 0 Å². The fraction of sp³-hybridized carbons (Fsp3) is 0.167. The Morgan fingerprint density at radius 1 is 1.08 bits per heavy atom. The van der Waals surface area contributed by atoms with Crippen molar-refractivity contribution in [2.75, 3.05) is 5.32 Å². The highest BCUT2D eigenvalue weighted by Crippen LogP contribution is 2.18. The number of rotatable bonds is 6. The van der Waals surface area contributed by atoms with Gasteiger partial charge in [-0.3, -0.25) is 9.59 Å². The van der Waals surface area contributed by atoms with E-state index in [1.807, 2.05) is 18.2 Å². The highest BCUT2D eigenvalue weighted by atomic mass is 79.9. The highest BCUT2D eigenvalue weighted by Gasteiger charge is 2.22. The SMILES string of the molecule is CC(=O)Nc1ccc(C(=O)N[C@@H](Cc2ccccc2Br)C(=O)O)cc1. The molecule has 1 atom stereocenters. The first-order valence-electron chi connectivity index (χ1n) is 7.51. The number of carboxylic acid groups (broad SMARTS) is 1. The molecule has 0 fully saturated rings.